The number of amides is 1. The summed E-state index contributed by atoms with van der Waals surface area (Å²) in [6.45, 7) is 0.318. The molecule has 2 aromatic heterocycles. The van der Waals surface area contributed by atoms with Gasteiger partial charge in [-0.05, 0) is 0 Å². The Kier molecular flexibility index (Phi) is 3.68. The Morgan fingerprint density at radius 1 is 1.45 bits per heavy atom. The number of hydrogen-bond acceptors (Lipinski definition) is 6. The van der Waals surface area contributed by atoms with E-state index in [-0.39, 0.29) is 37.0 Å². The monoisotopic (exact) mass is 336 g/mol. The number of rotatable bonds is 4. The summed E-state index contributed by atoms with van der Waals surface area (Å²) in [6, 6.07) is 0. The lowest BCUT2D eigenvalue weighted by Gasteiger charge is -2.13. The van der Waals surface area contributed by atoms with Crippen LogP contribution >= 0.6 is 11.3 Å². The van der Waals surface area contributed by atoms with E-state index < -0.39 is 18.0 Å². The minimum absolute atomic E-state index is 0.113. The number of fused-ring (bicyclic) bond motifs is 1. The number of nitrogens with zero attached hydrogens (tertiary/aromatic N) is 4. The molecular weight excluding hydrogens is 325 g/mol. The second-order valence-electron chi connectivity index (χ2n) is 4.56. The third kappa shape index (κ3) is 2.61. The maximum atomic E-state index is 13.1. The van der Waals surface area contributed by atoms with Crippen LogP contribution in [0.25, 0.3) is 4.96 Å². The van der Waals surface area contributed by atoms with Gasteiger partial charge in [-0.15, -0.1) is 0 Å². The molecule has 11 heteroatoms. The van der Waals surface area contributed by atoms with Crippen LogP contribution < -0.4 is 0 Å². The summed E-state index contributed by atoms with van der Waals surface area (Å²) in [6.07, 6.45) is -5.26. The molecule has 1 fully saturated rings. The van der Waals surface area contributed by atoms with Crippen molar-refractivity contribution in [2.45, 2.75) is 19.3 Å². The number of carbonyl (C=O) groups is 1. The molecule has 1 aliphatic heterocycles. The zero-order valence-electron chi connectivity index (χ0n) is 11.4. The summed E-state index contributed by atoms with van der Waals surface area (Å²) in [5.41, 5.74) is -1.21. The van der Waals surface area contributed by atoms with Gasteiger partial charge in [0.2, 0.25) is 4.96 Å². The van der Waals surface area contributed by atoms with Crippen molar-refractivity contribution in [3.8, 4) is 0 Å². The number of alkyl halides is 3. The van der Waals surface area contributed by atoms with Crippen molar-refractivity contribution in [1.82, 2.24) is 19.5 Å². The first-order valence-corrected chi connectivity index (χ1v) is 7.07. The third-order valence-electron chi connectivity index (χ3n) is 3.06. The van der Waals surface area contributed by atoms with E-state index in [1.165, 1.54) is 12.0 Å². The zero-order chi connectivity index (χ0) is 15.9. The molecule has 0 atom stereocenters. The minimum Gasteiger partial charge on any atom is -0.448 e. The molecule has 0 radical (unpaired) electrons. The van der Waals surface area contributed by atoms with Crippen LogP contribution in [-0.4, -0.2) is 45.9 Å². The molecule has 0 aliphatic carbocycles. The maximum absolute atomic E-state index is 13.1. The first kappa shape index (κ1) is 15.0. The number of aromatic nitrogens is 3. The number of ether oxygens (including phenoxy) is 2. The van der Waals surface area contributed by atoms with Crippen LogP contribution in [0.4, 0.5) is 18.0 Å². The lowest BCUT2D eigenvalue weighted by Crippen LogP contribution is -2.26. The molecule has 1 aliphatic rings. The molecule has 0 spiro atoms. The molecular formula is C11H11F3N4O3S. The number of carbonyl (C=O) groups excluding carboxylic acids is 1. The molecule has 7 nitrogen and oxygen atoms in total. The topological polar surface area (TPSA) is 69.0 Å². The average Bonchev–Trinajstić information content (AvgIpc) is 3.07. The second-order valence-corrected chi connectivity index (χ2v) is 5.60. The van der Waals surface area contributed by atoms with Gasteiger partial charge in [0, 0.05) is 7.11 Å². The summed E-state index contributed by atoms with van der Waals surface area (Å²) in [7, 11) is 1.46. The van der Waals surface area contributed by atoms with Gasteiger partial charge in [0.25, 0.3) is 0 Å². The predicted molar refractivity (Wildman–Crippen MR) is 68.3 cm³/mol. The minimum atomic E-state index is -4.62. The van der Waals surface area contributed by atoms with E-state index in [0.29, 0.717) is 5.01 Å². The Hall–Kier alpha value is -1.88. The van der Waals surface area contributed by atoms with Crippen molar-refractivity contribution in [1.29, 1.82) is 0 Å². The Labute approximate surface area is 126 Å². The van der Waals surface area contributed by atoms with Gasteiger partial charge in [0.1, 0.15) is 11.6 Å². The highest BCUT2D eigenvalue weighted by Gasteiger charge is 2.40. The van der Waals surface area contributed by atoms with Crippen molar-refractivity contribution in [2.24, 2.45) is 0 Å². The van der Waals surface area contributed by atoms with Gasteiger partial charge in [0.05, 0.1) is 25.4 Å². The fraction of sp³-hybridized carbons (Fsp3) is 0.545. The molecule has 0 bridgehead atoms. The molecule has 22 heavy (non-hydrogen) atoms. The van der Waals surface area contributed by atoms with Gasteiger partial charge < -0.3 is 9.47 Å². The van der Waals surface area contributed by atoms with E-state index in [1.807, 2.05) is 0 Å². The molecule has 0 unspecified atom stereocenters. The van der Waals surface area contributed by atoms with Crippen LogP contribution in [0.5, 0.6) is 0 Å². The van der Waals surface area contributed by atoms with Crippen molar-refractivity contribution in [2.75, 3.05) is 20.3 Å². The van der Waals surface area contributed by atoms with Gasteiger partial charge in [-0.3, -0.25) is 4.90 Å². The van der Waals surface area contributed by atoms with E-state index in [2.05, 4.69) is 10.1 Å². The van der Waals surface area contributed by atoms with Crippen LogP contribution in [0.3, 0.4) is 0 Å². The molecule has 0 saturated carbocycles. The standard InChI is InChI=1S/C11H11F3N4O3S/c1-20-5-7-16-18-6(4-17-2-3-21-10(17)19)8(11(12,13)14)15-9(18)22-7/h2-5H2,1H3. The number of halogens is 3. The molecule has 0 aromatic carbocycles. The normalized spacial score (nSPS) is 15.8. The number of hydrogen-bond donors (Lipinski definition) is 0. The fourth-order valence-electron chi connectivity index (χ4n) is 2.13. The predicted octanol–water partition coefficient (Wildman–Crippen LogP) is 1.91. The van der Waals surface area contributed by atoms with E-state index in [0.717, 1.165) is 15.9 Å². The van der Waals surface area contributed by atoms with Crippen LogP contribution in [0, 0.1) is 0 Å². The number of imidazole rings is 1. The highest BCUT2D eigenvalue weighted by atomic mass is 32.1. The van der Waals surface area contributed by atoms with Crippen molar-refractivity contribution in [3.63, 3.8) is 0 Å². The molecule has 2 aromatic rings. The van der Waals surface area contributed by atoms with E-state index in [1.54, 1.807) is 0 Å². The van der Waals surface area contributed by atoms with Crippen molar-refractivity contribution >= 4 is 22.4 Å². The highest BCUT2D eigenvalue weighted by Crippen LogP contribution is 2.34. The van der Waals surface area contributed by atoms with Gasteiger partial charge in [0.15, 0.2) is 5.69 Å². The van der Waals surface area contributed by atoms with Gasteiger partial charge in [-0.2, -0.15) is 18.3 Å². The Bertz CT molecular complexity index is 711. The van der Waals surface area contributed by atoms with Gasteiger partial charge in [-0.1, -0.05) is 11.3 Å². The molecule has 120 valence electrons. The number of methoxy groups -OCH3 is 1. The smallest absolute Gasteiger partial charge is 0.435 e. The summed E-state index contributed by atoms with van der Waals surface area (Å²) in [4.78, 5) is 16.4. The van der Waals surface area contributed by atoms with Crippen molar-refractivity contribution in [3.05, 3.63) is 16.4 Å². The van der Waals surface area contributed by atoms with Crippen LogP contribution in [0.15, 0.2) is 0 Å². The Morgan fingerprint density at radius 3 is 2.82 bits per heavy atom. The molecule has 3 heterocycles. The van der Waals surface area contributed by atoms with E-state index in [9.17, 15) is 18.0 Å². The largest absolute Gasteiger partial charge is 0.448 e. The summed E-state index contributed by atoms with van der Waals surface area (Å²) >= 11 is 1.01. The summed E-state index contributed by atoms with van der Waals surface area (Å²) < 4.78 is 50.1. The quantitative estimate of drug-likeness (QED) is 0.853. The van der Waals surface area contributed by atoms with Gasteiger partial charge in [-0.25, -0.2) is 14.3 Å². The molecule has 0 N–H and O–H groups in total. The molecule has 1 amide bonds. The average molecular weight is 336 g/mol. The maximum Gasteiger partial charge on any atom is 0.435 e. The van der Waals surface area contributed by atoms with Crippen LogP contribution in [0.2, 0.25) is 0 Å². The fourth-order valence-corrected chi connectivity index (χ4v) is 3.01. The van der Waals surface area contributed by atoms with Crippen LogP contribution in [0.1, 0.15) is 16.4 Å². The zero-order valence-corrected chi connectivity index (χ0v) is 12.2. The van der Waals surface area contributed by atoms with Gasteiger partial charge >= 0.3 is 12.3 Å². The molecule has 3 rings (SSSR count). The lowest BCUT2D eigenvalue weighted by molar-refractivity contribution is -0.141. The van der Waals surface area contributed by atoms with Crippen molar-refractivity contribution < 1.29 is 27.4 Å². The van der Waals surface area contributed by atoms with E-state index >= 15 is 0 Å². The molecule has 1 saturated heterocycles. The Balaban J connectivity index is 2.04. The second kappa shape index (κ2) is 5.39. The first-order chi connectivity index (χ1) is 10.4. The highest BCUT2D eigenvalue weighted by molar-refractivity contribution is 7.16. The summed E-state index contributed by atoms with van der Waals surface area (Å²) in [5, 5.41) is 4.58. The first-order valence-electron chi connectivity index (χ1n) is 6.25. The SMILES string of the molecule is COCc1nn2c(CN3CCOC3=O)c(C(F)(F)F)nc2s1. The lowest BCUT2D eigenvalue weighted by atomic mass is 10.3. The Morgan fingerprint density at radius 2 is 2.23 bits per heavy atom. The summed E-state index contributed by atoms with van der Waals surface area (Å²) in [5.74, 6) is 0. The number of cyclic esters (lactones) is 1. The van der Waals surface area contributed by atoms with Crippen LogP contribution in [-0.2, 0) is 28.8 Å². The third-order valence-corrected chi connectivity index (χ3v) is 3.94. The van der Waals surface area contributed by atoms with E-state index in [4.69, 9.17) is 9.47 Å².